The Hall–Kier alpha value is -7.49. The van der Waals surface area contributed by atoms with Crippen molar-refractivity contribution in [2.45, 2.75) is 12.8 Å². The van der Waals surface area contributed by atoms with Crippen molar-refractivity contribution in [3.8, 4) is 67.3 Å². The molecule has 0 saturated carbocycles. The van der Waals surface area contributed by atoms with E-state index in [1.165, 1.54) is 60.1 Å². The minimum absolute atomic E-state index is 0.691. The first-order valence-electron chi connectivity index (χ1n) is 20.0. The molecule has 272 valence electrons. The second-order valence-electron chi connectivity index (χ2n) is 15.1. The first-order chi connectivity index (χ1) is 28.7. The SMILES string of the molecule is C1=Cc2c(cncc2-c2ccc(-c3cc(-c4ccc(-c5cccc6ccccc56)cc4)nc(-c4ccc(-c5cc6ccccc6c6ccccc56)cc4)n3)cc2)CC1. The molecule has 1 aliphatic rings. The van der Waals surface area contributed by atoms with Crippen LogP contribution in [-0.4, -0.2) is 15.0 Å². The Balaban J connectivity index is 1.00. The fourth-order valence-electron chi connectivity index (χ4n) is 8.66. The van der Waals surface area contributed by atoms with Gasteiger partial charge in [-0.2, -0.15) is 0 Å². The molecule has 10 aromatic rings. The molecule has 1 aliphatic carbocycles. The number of fused-ring (bicyclic) bond motifs is 5. The standard InChI is InChI=1S/C55H37N3/c1-4-14-45-36(10-1)13-9-19-46(45)37-20-26-40(27-21-37)53-33-54(41-28-22-39(23-29-41)52-35-56-34-44-12-3-6-16-48(44)52)58-55(57-53)42-30-24-38(25-31-42)51-32-43-11-2-5-15-47(43)49-17-7-8-18-50(49)51/h1-2,4-11,13-35H,3,12H2. The highest BCUT2D eigenvalue weighted by molar-refractivity contribution is 6.13. The first kappa shape index (κ1) is 33.8. The van der Waals surface area contributed by atoms with Gasteiger partial charge in [-0.1, -0.05) is 176 Å². The van der Waals surface area contributed by atoms with E-state index in [0.29, 0.717) is 5.82 Å². The fraction of sp³-hybridized carbons (Fsp3) is 0.0364. The van der Waals surface area contributed by atoms with Crippen LogP contribution in [0.25, 0.3) is 106 Å². The van der Waals surface area contributed by atoms with E-state index in [1.807, 2.05) is 12.4 Å². The quantitative estimate of drug-likeness (QED) is 0.159. The van der Waals surface area contributed by atoms with Crippen LogP contribution in [0.5, 0.6) is 0 Å². The van der Waals surface area contributed by atoms with E-state index in [0.717, 1.165) is 57.6 Å². The number of nitrogens with zero attached hydrogens (tertiary/aromatic N) is 3. The maximum absolute atomic E-state index is 5.23. The van der Waals surface area contributed by atoms with Crippen LogP contribution in [0, 0.1) is 0 Å². The number of benzene rings is 8. The molecule has 0 fully saturated rings. The van der Waals surface area contributed by atoms with Gasteiger partial charge in [0.1, 0.15) is 0 Å². The second kappa shape index (κ2) is 14.2. The van der Waals surface area contributed by atoms with Crippen LogP contribution in [-0.2, 0) is 6.42 Å². The van der Waals surface area contributed by atoms with E-state index in [-0.39, 0.29) is 0 Å². The summed E-state index contributed by atoms with van der Waals surface area (Å²) in [6, 6.07) is 63.1. The topological polar surface area (TPSA) is 38.7 Å². The molecule has 0 spiro atoms. The molecule has 11 rings (SSSR count). The van der Waals surface area contributed by atoms with Gasteiger partial charge in [-0.25, -0.2) is 9.97 Å². The molecule has 0 unspecified atom stereocenters. The molecular weight excluding hydrogens is 703 g/mol. The molecule has 3 nitrogen and oxygen atoms in total. The Morgan fingerprint density at radius 1 is 0.379 bits per heavy atom. The summed E-state index contributed by atoms with van der Waals surface area (Å²) in [5.41, 5.74) is 14.5. The van der Waals surface area contributed by atoms with Gasteiger partial charge in [0.2, 0.25) is 0 Å². The van der Waals surface area contributed by atoms with E-state index in [9.17, 15) is 0 Å². The van der Waals surface area contributed by atoms with Crippen molar-refractivity contribution in [3.63, 3.8) is 0 Å². The molecule has 0 aliphatic heterocycles. The lowest BCUT2D eigenvalue weighted by Gasteiger charge is -2.15. The van der Waals surface area contributed by atoms with E-state index >= 15 is 0 Å². The van der Waals surface area contributed by atoms with Gasteiger partial charge >= 0.3 is 0 Å². The van der Waals surface area contributed by atoms with E-state index in [4.69, 9.17) is 9.97 Å². The van der Waals surface area contributed by atoms with Gasteiger partial charge in [0.25, 0.3) is 0 Å². The van der Waals surface area contributed by atoms with Crippen LogP contribution in [0.4, 0.5) is 0 Å². The van der Waals surface area contributed by atoms with Gasteiger partial charge in [0, 0.05) is 34.6 Å². The van der Waals surface area contributed by atoms with Crippen molar-refractivity contribution in [2.75, 3.05) is 0 Å². The zero-order chi connectivity index (χ0) is 38.4. The van der Waals surface area contributed by atoms with Crippen LogP contribution in [0.1, 0.15) is 17.5 Å². The number of pyridine rings is 1. The van der Waals surface area contributed by atoms with E-state index in [2.05, 4.69) is 193 Å². The monoisotopic (exact) mass is 739 g/mol. The number of aryl methyl sites for hydroxylation is 1. The van der Waals surface area contributed by atoms with Gasteiger partial charge < -0.3 is 0 Å². The number of aromatic nitrogens is 3. The average molecular weight is 740 g/mol. The number of rotatable bonds is 6. The molecule has 2 heterocycles. The minimum atomic E-state index is 0.691. The average Bonchev–Trinajstić information content (AvgIpc) is 3.31. The molecule has 0 saturated heterocycles. The lowest BCUT2D eigenvalue weighted by molar-refractivity contribution is 0.972. The molecule has 3 heteroatoms. The largest absolute Gasteiger partial charge is 0.264 e. The van der Waals surface area contributed by atoms with E-state index in [1.54, 1.807) is 0 Å². The molecule has 58 heavy (non-hydrogen) atoms. The summed E-state index contributed by atoms with van der Waals surface area (Å²) in [6.07, 6.45) is 10.6. The van der Waals surface area contributed by atoms with Crippen LogP contribution >= 0.6 is 0 Å². The third kappa shape index (κ3) is 6.05. The van der Waals surface area contributed by atoms with Crippen molar-refractivity contribution < 1.29 is 0 Å². The third-order valence-electron chi connectivity index (χ3n) is 11.7. The Morgan fingerprint density at radius 2 is 0.931 bits per heavy atom. The van der Waals surface area contributed by atoms with Crippen molar-refractivity contribution >= 4 is 38.4 Å². The lowest BCUT2D eigenvalue weighted by Crippen LogP contribution is -1.98. The summed E-state index contributed by atoms with van der Waals surface area (Å²) >= 11 is 0. The highest BCUT2D eigenvalue weighted by Crippen LogP contribution is 2.37. The second-order valence-corrected chi connectivity index (χ2v) is 15.1. The fourth-order valence-corrected chi connectivity index (χ4v) is 8.66. The van der Waals surface area contributed by atoms with Gasteiger partial charge in [0.15, 0.2) is 5.82 Å². The Bertz CT molecular complexity index is 3190. The van der Waals surface area contributed by atoms with Gasteiger partial charge in [-0.15, -0.1) is 0 Å². The molecule has 0 bridgehead atoms. The van der Waals surface area contributed by atoms with Crippen molar-refractivity contribution in [2.24, 2.45) is 0 Å². The molecule has 0 amide bonds. The molecule has 0 N–H and O–H groups in total. The summed E-state index contributed by atoms with van der Waals surface area (Å²) < 4.78 is 0. The molecule has 0 radical (unpaired) electrons. The summed E-state index contributed by atoms with van der Waals surface area (Å²) in [7, 11) is 0. The summed E-state index contributed by atoms with van der Waals surface area (Å²) in [6.45, 7) is 0. The summed E-state index contributed by atoms with van der Waals surface area (Å²) in [5.74, 6) is 0.691. The number of hydrogen-bond donors (Lipinski definition) is 0. The highest BCUT2D eigenvalue weighted by Gasteiger charge is 2.15. The summed E-state index contributed by atoms with van der Waals surface area (Å²) in [4.78, 5) is 15.0. The lowest BCUT2D eigenvalue weighted by atomic mass is 9.92. The normalized spacial score (nSPS) is 12.3. The van der Waals surface area contributed by atoms with Crippen LogP contribution in [0.2, 0.25) is 0 Å². The molecule has 0 atom stereocenters. The summed E-state index contributed by atoms with van der Waals surface area (Å²) in [5, 5.41) is 7.49. The molecular formula is C55H37N3. The van der Waals surface area contributed by atoms with Gasteiger partial charge in [-0.3, -0.25) is 4.98 Å². The number of hydrogen-bond acceptors (Lipinski definition) is 3. The Kier molecular flexibility index (Phi) is 8.29. The Labute approximate surface area is 337 Å². The maximum Gasteiger partial charge on any atom is 0.160 e. The van der Waals surface area contributed by atoms with E-state index < -0.39 is 0 Å². The predicted octanol–water partition coefficient (Wildman–Crippen LogP) is 14.3. The maximum atomic E-state index is 5.23. The van der Waals surface area contributed by atoms with Crippen LogP contribution in [0.3, 0.4) is 0 Å². The molecule has 8 aromatic carbocycles. The minimum Gasteiger partial charge on any atom is -0.264 e. The first-order valence-corrected chi connectivity index (χ1v) is 20.0. The zero-order valence-corrected chi connectivity index (χ0v) is 31.8. The third-order valence-corrected chi connectivity index (χ3v) is 11.7. The van der Waals surface area contributed by atoms with Crippen molar-refractivity contribution in [1.29, 1.82) is 0 Å². The van der Waals surface area contributed by atoms with Crippen LogP contribution in [0.15, 0.2) is 194 Å². The van der Waals surface area contributed by atoms with Crippen molar-refractivity contribution in [3.05, 3.63) is 206 Å². The smallest absolute Gasteiger partial charge is 0.160 e. The van der Waals surface area contributed by atoms with Gasteiger partial charge in [0.05, 0.1) is 11.4 Å². The Morgan fingerprint density at radius 3 is 1.66 bits per heavy atom. The predicted molar refractivity (Wildman–Crippen MR) is 242 cm³/mol. The highest BCUT2D eigenvalue weighted by atomic mass is 14.9. The van der Waals surface area contributed by atoms with Crippen LogP contribution < -0.4 is 0 Å². The zero-order valence-electron chi connectivity index (χ0n) is 31.8. The van der Waals surface area contributed by atoms with Gasteiger partial charge in [-0.05, 0) is 96.2 Å². The number of allylic oxidation sites excluding steroid dienone is 1. The molecule has 2 aromatic heterocycles. The van der Waals surface area contributed by atoms with Crippen molar-refractivity contribution in [1.82, 2.24) is 15.0 Å².